The number of hydrogen-bond acceptors (Lipinski definition) is 4. The molecule has 1 aromatic heterocycles. The van der Waals surface area contributed by atoms with Crippen molar-refractivity contribution in [2.45, 2.75) is 18.9 Å². The Morgan fingerprint density at radius 2 is 2.04 bits per heavy atom. The second-order valence-electron chi connectivity index (χ2n) is 5.79. The molecule has 0 fully saturated rings. The maximum Gasteiger partial charge on any atom is 0.331 e. The summed E-state index contributed by atoms with van der Waals surface area (Å²) in [5, 5.41) is 15.8. The van der Waals surface area contributed by atoms with Crippen LogP contribution in [0.4, 0.5) is 0 Å². The number of hydrogen-bond donors (Lipinski definition) is 2. The quantitative estimate of drug-likeness (QED) is 0.857. The molecule has 7 heteroatoms. The van der Waals surface area contributed by atoms with Crippen molar-refractivity contribution in [3.8, 4) is 0 Å². The molecule has 0 radical (unpaired) electrons. The van der Waals surface area contributed by atoms with E-state index in [0.29, 0.717) is 24.1 Å². The first-order valence-corrected chi connectivity index (χ1v) is 8.92. The number of fused-ring (bicyclic) bond motifs is 1. The molecule has 0 aliphatic carbocycles. The van der Waals surface area contributed by atoms with E-state index in [4.69, 9.17) is 0 Å². The monoisotopic (exact) mass is 358 g/mol. The lowest BCUT2D eigenvalue weighted by molar-refractivity contribution is -0.151. The Kier molecular flexibility index (Phi) is 5.14. The van der Waals surface area contributed by atoms with Gasteiger partial charge in [0, 0.05) is 30.5 Å². The number of amides is 2. The Hall–Kier alpha value is -2.67. The third-order valence-corrected chi connectivity index (χ3v) is 4.93. The Bertz CT molecular complexity index is 788. The van der Waals surface area contributed by atoms with Gasteiger partial charge in [0.25, 0.3) is 5.91 Å². The number of thiophene rings is 1. The van der Waals surface area contributed by atoms with Crippen molar-refractivity contribution in [3.05, 3.63) is 57.8 Å². The molecule has 2 heterocycles. The average Bonchev–Trinajstić information content (AvgIpc) is 3.15. The van der Waals surface area contributed by atoms with Gasteiger partial charge in [-0.3, -0.25) is 9.59 Å². The number of aliphatic carboxylic acids is 1. The van der Waals surface area contributed by atoms with E-state index in [1.807, 2.05) is 17.5 Å². The van der Waals surface area contributed by atoms with Crippen molar-refractivity contribution in [1.29, 1.82) is 0 Å². The maximum absolute atomic E-state index is 12.5. The fourth-order valence-electron chi connectivity index (χ4n) is 3.02. The number of carboxylic acids is 1. The molecule has 25 heavy (non-hydrogen) atoms. The molecule has 0 spiro atoms. The van der Waals surface area contributed by atoms with Gasteiger partial charge in [0.15, 0.2) is 6.04 Å². The normalized spacial score (nSPS) is 16.2. The van der Waals surface area contributed by atoms with E-state index >= 15 is 0 Å². The number of nitrogens with zero attached hydrogens (tertiary/aromatic N) is 1. The highest BCUT2D eigenvalue weighted by Gasteiger charge is 2.35. The van der Waals surface area contributed by atoms with Crippen LogP contribution in [0.25, 0.3) is 0 Å². The molecule has 1 atom stereocenters. The fraction of sp³-hybridized carbons (Fsp3) is 0.278. The molecule has 2 amide bonds. The minimum Gasteiger partial charge on any atom is -0.479 e. The van der Waals surface area contributed by atoms with Gasteiger partial charge in [0.1, 0.15) is 0 Å². The van der Waals surface area contributed by atoms with Crippen LogP contribution < -0.4 is 5.32 Å². The predicted octanol–water partition coefficient (Wildman–Crippen LogP) is 2.08. The summed E-state index contributed by atoms with van der Waals surface area (Å²) in [6.07, 6.45) is 0.703. The number of carboxylic acid groups (broad SMARTS) is 1. The van der Waals surface area contributed by atoms with Crippen LogP contribution in [-0.4, -0.2) is 40.9 Å². The number of carbonyl (C=O) groups is 3. The van der Waals surface area contributed by atoms with E-state index in [1.165, 1.54) is 16.2 Å². The van der Waals surface area contributed by atoms with Gasteiger partial charge in [-0.1, -0.05) is 24.3 Å². The summed E-state index contributed by atoms with van der Waals surface area (Å²) in [6.45, 7) is 0.545. The molecular weight excluding hydrogens is 340 g/mol. The lowest BCUT2D eigenvalue weighted by atomic mass is 9.92. The highest BCUT2D eigenvalue weighted by atomic mass is 32.1. The van der Waals surface area contributed by atoms with E-state index in [1.54, 1.807) is 23.6 Å². The zero-order valence-corrected chi connectivity index (χ0v) is 14.3. The van der Waals surface area contributed by atoms with E-state index in [9.17, 15) is 19.5 Å². The third kappa shape index (κ3) is 3.71. The summed E-state index contributed by atoms with van der Waals surface area (Å²) in [7, 11) is 0. The molecule has 130 valence electrons. The lowest BCUT2D eigenvalue weighted by Gasteiger charge is -2.34. The second kappa shape index (κ2) is 7.48. The molecule has 2 N–H and O–H groups in total. The Morgan fingerprint density at radius 1 is 1.24 bits per heavy atom. The zero-order valence-electron chi connectivity index (χ0n) is 13.5. The summed E-state index contributed by atoms with van der Waals surface area (Å²) in [4.78, 5) is 37.5. The number of benzene rings is 1. The minimum absolute atomic E-state index is 0.0713. The van der Waals surface area contributed by atoms with E-state index in [2.05, 4.69) is 5.32 Å². The molecule has 0 saturated carbocycles. The SMILES string of the molecule is O=C(NCCC(=O)N1CCc2ccccc2C1C(=O)O)c1ccsc1. The van der Waals surface area contributed by atoms with Crippen LogP contribution in [0.15, 0.2) is 41.1 Å². The first-order chi connectivity index (χ1) is 12.1. The van der Waals surface area contributed by atoms with Gasteiger partial charge in [-0.15, -0.1) is 0 Å². The standard InChI is InChI=1S/C18H18N2O4S/c21-15(5-8-19-17(22)13-7-10-25-11-13)20-9-6-12-3-1-2-4-14(12)16(20)18(23)24/h1-4,7,10-11,16H,5-6,8-9H2,(H,19,22)(H,23,24). The van der Waals surface area contributed by atoms with Gasteiger partial charge >= 0.3 is 5.97 Å². The zero-order chi connectivity index (χ0) is 17.8. The second-order valence-corrected chi connectivity index (χ2v) is 6.57. The van der Waals surface area contributed by atoms with Gasteiger partial charge < -0.3 is 15.3 Å². The Morgan fingerprint density at radius 3 is 2.76 bits per heavy atom. The van der Waals surface area contributed by atoms with Crippen LogP contribution >= 0.6 is 11.3 Å². The van der Waals surface area contributed by atoms with Crippen molar-refractivity contribution in [2.75, 3.05) is 13.1 Å². The molecule has 1 aromatic carbocycles. The van der Waals surface area contributed by atoms with Crippen LogP contribution in [0.2, 0.25) is 0 Å². The number of nitrogens with one attached hydrogen (secondary N) is 1. The molecule has 3 rings (SSSR count). The molecular formula is C18H18N2O4S. The molecule has 0 bridgehead atoms. The highest BCUT2D eigenvalue weighted by molar-refractivity contribution is 7.08. The van der Waals surface area contributed by atoms with Gasteiger partial charge in [0.05, 0.1) is 0 Å². The average molecular weight is 358 g/mol. The van der Waals surface area contributed by atoms with Crippen molar-refractivity contribution >= 4 is 29.1 Å². The van der Waals surface area contributed by atoms with Crippen molar-refractivity contribution in [2.24, 2.45) is 0 Å². The first kappa shape index (κ1) is 17.2. The summed E-state index contributed by atoms with van der Waals surface area (Å²) in [5.41, 5.74) is 2.19. The van der Waals surface area contributed by atoms with Crippen LogP contribution in [0.5, 0.6) is 0 Å². The smallest absolute Gasteiger partial charge is 0.331 e. The first-order valence-electron chi connectivity index (χ1n) is 7.98. The summed E-state index contributed by atoms with van der Waals surface area (Å²) < 4.78 is 0. The van der Waals surface area contributed by atoms with Crippen LogP contribution in [0.3, 0.4) is 0 Å². The Labute approximate surface area is 149 Å². The summed E-state index contributed by atoms with van der Waals surface area (Å²) in [6, 6.07) is 8.05. The molecule has 1 aliphatic heterocycles. The third-order valence-electron chi connectivity index (χ3n) is 4.25. The van der Waals surface area contributed by atoms with Gasteiger partial charge in [-0.05, 0) is 29.0 Å². The summed E-state index contributed by atoms with van der Waals surface area (Å²) >= 11 is 1.43. The largest absolute Gasteiger partial charge is 0.479 e. The molecule has 1 aliphatic rings. The fourth-order valence-corrected chi connectivity index (χ4v) is 3.66. The number of rotatable bonds is 5. The van der Waals surface area contributed by atoms with Crippen LogP contribution in [-0.2, 0) is 16.0 Å². The highest BCUT2D eigenvalue weighted by Crippen LogP contribution is 2.30. The number of carbonyl (C=O) groups excluding carboxylic acids is 2. The minimum atomic E-state index is -1.04. The predicted molar refractivity (Wildman–Crippen MR) is 93.5 cm³/mol. The maximum atomic E-state index is 12.5. The Balaban J connectivity index is 1.63. The molecule has 1 unspecified atom stereocenters. The molecule has 6 nitrogen and oxygen atoms in total. The molecule has 0 saturated heterocycles. The topological polar surface area (TPSA) is 86.7 Å². The van der Waals surface area contributed by atoms with Crippen molar-refractivity contribution in [3.63, 3.8) is 0 Å². The van der Waals surface area contributed by atoms with Crippen molar-refractivity contribution < 1.29 is 19.5 Å². The van der Waals surface area contributed by atoms with Crippen LogP contribution in [0, 0.1) is 0 Å². The molecule has 2 aromatic rings. The van der Waals surface area contributed by atoms with Gasteiger partial charge in [0.2, 0.25) is 5.91 Å². The van der Waals surface area contributed by atoms with Crippen molar-refractivity contribution in [1.82, 2.24) is 10.2 Å². The van der Waals surface area contributed by atoms with Gasteiger partial charge in [-0.25, -0.2) is 4.79 Å². The van der Waals surface area contributed by atoms with E-state index < -0.39 is 12.0 Å². The van der Waals surface area contributed by atoms with Gasteiger partial charge in [-0.2, -0.15) is 11.3 Å². The van der Waals surface area contributed by atoms with E-state index in [-0.39, 0.29) is 24.8 Å². The summed E-state index contributed by atoms with van der Waals surface area (Å²) in [5.74, 6) is -1.54. The van der Waals surface area contributed by atoms with Crippen LogP contribution in [0.1, 0.15) is 33.9 Å². The lowest BCUT2D eigenvalue weighted by Crippen LogP contribution is -2.44. The van der Waals surface area contributed by atoms with E-state index in [0.717, 1.165) is 5.56 Å².